The Balaban J connectivity index is 1.98. The van der Waals surface area contributed by atoms with Crippen molar-refractivity contribution in [2.24, 2.45) is 0 Å². The molecule has 0 radical (unpaired) electrons. The van der Waals surface area contributed by atoms with Gasteiger partial charge in [-0.15, -0.1) is 0 Å². The summed E-state index contributed by atoms with van der Waals surface area (Å²) in [4.78, 5) is 15.7. The zero-order valence-electron chi connectivity index (χ0n) is 9.06. The molecule has 0 saturated heterocycles. The second-order valence-electron chi connectivity index (χ2n) is 3.57. The third kappa shape index (κ3) is 3.57. The topological polar surface area (TPSA) is 42.0 Å². The summed E-state index contributed by atoms with van der Waals surface area (Å²) in [6.07, 6.45) is 1.92. The lowest BCUT2D eigenvalue weighted by molar-refractivity contribution is -0.115. The first-order valence-corrected chi connectivity index (χ1v) is 5.57. The van der Waals surface area contributed by atoms with Gasteiger partial charge in [0.1, 0.15) is 5.82 Å². The number of halogens is 1. The summed E-state index contributed by atoms with van der Waals surface area (Å²) < 4.78 is 0. The molecule has 0 aliphatic heterocycles. The van der Waals surface area contributed by atoms with E-state index in [1.165, 1.54) is 0 Å². The number of anilines is 1. The molecule has 1 aromatic carbocycles. The highest BCUT2D eigenvalue weighted by Crippen LogP contribution is 2.11. The van der Waals surface area contributed by atoms with Crippen LogP contribution in [0.5, 0.6) is 0 Å². The molecule has 0 spiro atoms. The monoisotopic (exact) mass is 246 g/mol. The molecule has 2 rings (SSSR count). The number of rotatable bonds is 3. The molecule has 1 aromatic heterocycles. The lowest BCUT2D eigenvalue weighted by Gasteiger charge is -2.04. The van der Waals surface area contributed by atoms with Gasteiger partial charge in [0, 0.05) is 11.2 Å². The summed E-state index contributed by atoms with van der Waals surface area (Å²) in [5.41, 5.74) is 0.880. The van der Waals surface area contributed by atoms with Gasteiger partial charge in [-0.3, -0.25) is 4.79 Å². The molecule has 0 aliphatic carbocycles. The Labute approximate surface area is 104 Å². The van der Waals surface area contributed by atoms with Crippen LogP contribution in [0.1, 0.15) is 5.56 Å². The first-order valence-electron chi connectivity index (χ1n) is 5.19. The molecule has 0 bridgehead atoms. The minimum absolute atomic E-state index is 0.106. The molecule has 0 aliphatic rings. The van der Waals surface area contributed by atoms with E-state index in [0.29, 0.717) is 10.8 Å². The first-order chi connectivity index (χ1) is 8.24. The highest BCUT2D eigenvalue weighted by atomic mass is 35.5. The highest BCUT2D eigenvalue weighted by molar-refractivity contribution is 6.30. The SMILES string of the molecule is O=C(Cc1cccc(Cl)c1)Nc1ccccn1. The normalized spacial score (nSPS) is 9.94. The summed E-state index contributed by atoms with van der Waals surface area (Å²) >= 11 is 5.84. The smallest absolute Gasteiger partial charge is 0.229 e. The number of hydrogen-bond acceptors (Lipinski definition) is 2. The standard InChI is InChI=1S/C13H11ClN2O/c14-11-5-3-4-10(8-11)9-13(17)16-12-6-1-2-7-15-12/h1-8H,9H2,(H,15,16,17). The molecule has 86 valence electrons. The molecule has 4 heteroatoms. The van der Waals surface area contributed by atoms with Crippen molar-refractivity contribution in [2.75, 3.05) is 5.32 Å². The van der Waals surface area contributed by atoms with Crippen molar-refractivity contribution in [1.82, 2.24) is 4.98 Å². The number of nitrogens with zero attached hydrogens (tertiary/aromatic N) is 1. The van der Waals surface area contributed by atoms with E-state index in [1.54, 1.807) is 30.5 Å². The molecule has 0 saturated carbocycles. The fourth-order valence-corrected chi connectivity index (χ4v) is 1.67. The van der Waals surface area contributed by atoms with E-state index < -0.39 is 0 Å². The number of aromatic nitrogens is 1. The predicted octanol–water partition coefficient (Wildman–Crippen LogP) is 2.92. The van der Waals surface area contributed by atoms with Crippen molar-refractivity contribution in [3.8, 4) is 0 Å². The Morgan fingerprint density at radius 1 is 1.24 bits per heavy atom. The van der Waals surface area contributed by atoms with E-state index in [4.69, 9.17) is 11.6 Å². The molecule has 1 N–H and O–H groups in total. The maximum Gasteiger partial charge on any atom is 0.229 e. The van der Waals surface area contributed by atoms with Crippen LogP contribution in [0.2, 0.25) is 5.02 Å². The zero-order chi connectivity index (χ0) is 12.1. The molecule has 0 fully saturated rings. The molecular formula is C13H11ClN2O. The Bertz CT molecular complexity index is 514. The van der Waals surface area contributed by atoms with Gasteiger partial charge in [0.15, 0.2) is 0 Å². The Morgan fingerprint density at radius 2 is 2.12 bits per heavy atom. The molecule has 17 heavy (non-hydrogen) atoms. The van der Waals surface area contributed by atoms with Crippen LogP contribution in [0.25, 0.3) is 0 Å². The van der Waals surface area contributed by atoms with Crippen molar-refractivity contribution in [2.45, 2.75) is 6.42 Å². The van der Waals surface area contributed by atoms with E-state index in [9.17, 15) is 4.79 Å². The zero-order valence-corrected chi connectivity index (χ0v) is 9.82. The number of nitrogens with one attached hydrogen (secondary N) is 1. The minimum atomic E-state index is -0.106. The highest BCUT2D eigenvalue weighted by Gasteiger charge is 2.04. The van der Waals surface area contributed by atoms with Crippen molar-refractivity contribution < 1.29 is 4.79 Å². The van der Waals surface area contributed by atoms with Crippen LogP contribution in [0.15, 0.2) is 48.7 Å². The summed E-state index contributed by atoms with van der Waals surface area (Å²) in [6.45, 7) is 0. The maximum absolute atomic E-state index is 11.7. The average molecular weight is 247 g/mol. The third-order valence-electron chi connectivity index (χ3n) is 2.19. The van der Waals surface area contributed by atoms with Crippen molar-refractivity contribution >= 4 is 23.3 Å². The van der Waals surface area contributed by atoms with Crippen molar-refractivity contribution in [3.63, 3.8) is 0 Å². The van der Waals surface area contributed by atoms with Gasteiger partial charge in [0.25, 0.3) is 0 Å². The van der Waals surface area contributed by atoms with Gasteiger partial charge >= 0.3 is 0 Å². The van der Waals surface area contributed by atoms with Crippen LogP contribution in [0.4, 0.5) is 5.82 Å². The van der Waals surface area contributed by atoms with Crippen LogP contribution in [0, 0.1) is 0 Å². The van der Waals surface area contributed by atoms with Crippen LogP contribution >= 0.6 is 11.6 Å². The third-order valence-corrected chi connectivity index (χ3v) is 2.42. The summed E-state index contributed by atoms with van der Waals surface area (Å²) in [5.74, 6) is 0.450. The van der Waals surface area contributed by atoms with Gasteiger partial charge < -0.3 is 5.32 Å². The molecule has 3 nitrogen and oxygen atoms in total. The van der Waals surface area contributed by atoms with E-state index >= 15 is 0 Å². The Hall–Kier alpha value is -1.87. The molecule has 1 amide bonds. The maximum atomic E-state index is 11.7. The van der Waals surface area contributed by atoms with Gasteiger partial charge in [-0.25, -0.2) is 4.98 Å². The van der Waals surface area contributed by atoms with Gasteiger partial charge in [-0.2, -0.15) is 0 Å². The van der Waals surface area contributed by atoms with E-state index in [2.05, 4.69) is 10.3 Å². The fraction of sp³-hybridized carbons (Fsp3) is 0.0769. The fourth-order valence-electron chi connectivity index (χ4n) is 1.46. The lowest BCUT2D eigenvalue weighted by atomic mass is 10.1. The quantitative estimate of drug-likeness (QED) is 0.905. The van der Waals surface area contributed by atoms with Gasteiger partial charge in [0.05, 0.1) is 6.42 Å². The number of pyridine rings is 1. The molecule has 0 atom stereocenters. The average Bonchev–Trinajstić information content (AvgIpc) is 2.30. The Morgan fingerprint density at radius 3 is 2.82 bits per heavy atom. The minimum Gasteiger partial charge on any atom is -0.310 e. The largest absolute Gasteiger partial charge is 0.310 e. The van der Waals surface area contributed by atoms with Crippen LogP contribution in [0.3, 0.4) is 0 Å². The van der Waals surface area contributed by atoms with Crippen LogP contribution in [-0.2, 0) is 11.2 Å². The van der Waals surface area contributed by atoms with Gasteiger partial charge in [-0.1, -0.05) is 29.8 Å². The number of carbonyl (C=O) groups excluding carboxylic acids is 1. The molecule has 2 aromatic rings. The van der Waals surface area contributed by atoms with Crippen LogP contribution in [-0.4, -0.2) is 10.9 Å². The van der Waals surface area contributed by atoms with Crippen molar-refractivity contribution in [1.29, 1.82) is 0 Å². The Kier molecular flexibility index (Phi) is 3.73. The molecule has 0 unspecified atom stereocenters. The van der Waals surface area contributed by atoms with E-state index in [0.717, 1.165) is 5.56 Å². The van der Waals surface area contributed by atoms with Crippen LogP contribution < -0.4 is 5.32 Å². The second-order valence-corrected chi connectivity index (χ2v) is 4.01. The summed E-state index contributed by atoms with van der Waals surface area (Å²) in [6, 6.07) is 12.6. The van der Waals surface area contributed by atoms with Gasteiger partial charge in [-0.05, 0) is 29.8 Å². The lowest BCUT2D eigenvalue weighted by Crippen LogP contribution is -2.15. The number of benzene rings is 1. The van der Waals surface area contributed by atoms with E-state index in [1.807, 2.05) is 18.2 Å². The number of carbonyl (C=O) groups is 1. The predicted molar refractivity (Wildman–Crippen MR) is 68.0 cm³/mol. The molecular weight excluding hydrogens is 236 g/mol. The van der Waals surface area contributed by atoms with E-state index in [-0.39, 0.29) is 12.3 Å². The first kappa shape index (κ1) is 11.6. The summed E-state index contributed by atoms with van der Waals surface area (Å²) in [7, 11) is 0. The summed E-state index contributed by atoms with van der Waals surface area (Å²) in [5, 5.41) is 3.35. The second kappa shape index (κ2) is 5.46. The van der Waals surface area contributed by atoms with Crippen molar-refractivity contribution in [3.05, 3.63) is 59.2 Å². The number of hydrogen-bond donors (Lipinski definition) is 1. The van der Waals surface area contributed by atoms with Gasteiger partial charge in [0.2, 0.25) is 5.91 Å². The molecule has 1 heterocycles. The number of amides is 1.